The molecule has 1 unspecified atom stereocenters. The second kappa shape index (κ2) is 4.87. The van der Waals surface area contributed by atoms with Crippen LogP contribution in [0.1, 0.15) is 59.3 Å². The van der Waals surface area contributed by atoms with Crippen LogP contribution in [0.2, 0.25) is 0 Å². The van der Waals surface area contributed by atoms with Crippen molar-refractivity contribution < 1.29 is 0 Å². The molecule has 0 amide bonds. The molecule has 0 aromatic carbocycles. The van der Waals surface area contributed by atoms with Crippen molar-refractivity contribution in [1.29, 1.82) is 0 Å². The predicted octanol–water partition coefficient (Wildman–Crippen LogP) is 2.75. The van der Waals surface area contributed by atoms with Gasteiger partial charge in [0.05, 0.1) is 12.6 Å². The van der Waals surface area contributed by atoms with Gasteiger partial charge in [-0.1, -0.05) is 46.5 Å². The number of nitrogens with two attached hydrogens (primary N) is 1. The van der Waals surface area contributed by atoms with Gasteiger partial charge in [0, 0.05) is 6.04 Å². The van der Waals surface area contributed by atoms with Gasteiger partial charge in [-0.15, -0.1) is 0 Å². The summed E-state index contributed by atoms with van der Waals surface area (Å²) >= 11 is 0. The molecule has 2 N–H and O–H groups in total. The molecule has 3 heteroatoms. The van der Waals surface area contributed by atoms with Crippen LogP contribution in [0.25, 0.3) is 0 Å². The fraction of sp³-hybridized carbons (Fsp3) is 0.929. The van der Waals surface area contributed by atoms with E-state index in [1.165, 1.54) is 38.5 Å². The average Bonchev–Trinajstić information content (AvgIpc) is 2.50. The summed E-state index contributed by atoms with van der Waals surface area (Å²) in [5, 5.41) is 0. The van der Waals surface area contributed by atoms with Crippen molar-refractivity contribution >= 4 is 5.96 Å². The molecule has 2 rings (SSSR count). The van der Waals surface area contributed by atoms with Crippen molar-refractivity contribution in [1.82, 2.24) is 4.90 Å². The fourth-order valence-corrected chi connectivity index (χ4v) is 3.18. The number of hydrogen-bond donors (Lipinski definition) is 1. The summed E-state index contributed by atoms with van der Waals surface area (Å²) in [7, 11) is 0. The standard InChI is InChI=1S/C14H27N3/c1-14(2,3)12-10-16-13(15)17(12)11-8-6-4-5-7-9-11/h11-12H,4-10H2,1-3H3,(H2,15,16). The Hall–Kier alpha value is -0.730. The molecule has 1 aliphatic carbocycles. The summed E-state index contributed by atoms with van der Waals surface area (Å²) in [5.41, 5.74) is 6.38. The Balaban J connectivity index is 2.12. The third-order valence-corrected chi connectivity index (χ3v) is 4.24. The summed E-state index contributed by atoms with van der Waals surface area (Å²) in [6.07, 6.45) is 8.07. The Morgan fingerprint density at radius 2 is 1.71 bits per heavy atom. The van der Waals surface area contributed by atoms with E-state index < -0.39 is 0 Å². The monoisotopic (exact) mass is 237 g/mol. The third-order valence-electron chi connectivity index (χ3n) is 4.24. The van der Waals surface area contributed by atoms with Gasteiger partial charge in [-0.25, -0.2) is 0 Å². The first-order valence-electron chi connectivity index (χ1n) is 7.08. The van der Waals surface area contributed by atoms with E-state index in [0.29, 0.717) is 12.1 Å². The lowest BCUT2D eigenvalue weighted by molar-refractivity contribution is 0.139. The van der Waals surface area contributed by atoms with E-state index in [0.717, 1.165) is 12.5 Å². The van der Waals surface area contributed by atoms with Crippen LogP contribution in [-0.4, -0.2) is 29.5 Å². The molecule has 17 heavy (non-hydrogen) atoms. The van der Waals surface area contributed by atoms with Crippen molar-refractivity contribution in [2.24, 2.45) is 16.1 Å². The van der Waals surface area contributed by atoms with Crippen LogP contribution in [0.5, 0.6) is 0 Å². The molecular weight excluding hydrogens is 210 g/mol. The van der Waals surface area contributed by atoms with E-state index >= 15 is 0 Å². The first kappa shape index (κ1) is 12.7. The smallest absolute Gasteiger partial charge is 0.191 e. The maximum absolute atomic E-state index is 6.12. The highest BCUT2D eigenvalue weighted by molar-refractivity contribution is 5.80. The molecule has 98 valence electrons. The first-order valence-corrected chi connectivity index (χ1v) is 7.08. The quantitative estimate of drug-likeness (QED) is 0.712. The van der Waals surface area contributed by atoms with Gasteiger partial charge >= 0.3 is 0 Å². The van der Waals surface area contributed by atoms with Crippen LogP contribution in [0.15, 0.2) is 4.99 Å². The first-order chi connectivity index (χ1) is 8.00. The van der Waals surface area contributed by atoms with Crippen molar-refractivity contribution in [2.45, 2.75) is 71.4 Å². The van der Waals surface area contributed by atoms with Crippen LogP contribution in [0, 0.1) is 5.41 Å². The number of hydrogen-bond acceptors (Lipinski definition) is 3. The third kappa shape index (κ3) is 2.75. The minimum absolute atomic E-state index is 0.261. The zero-order valence-corrected chi connectivity index (χ0v) is 11.6. The lowest BCUT2D eigenvalue weighted by Crippen LogP contribution is -2.52. The molecule has 1 aliphatic heterocycles. The molecule has 3 nitrogen and oxygen atoms in total. The second-order valence-corrected chi connectivity index (χ2v) is 6.63. The predicted molar refractivity (Wildman–Crippen MR) is 73.1 cm³/mol. The van der Waals surface area contributed by atoms with Gasteiger partial charge in [0.2, 0.25) is 0 Å². The largest absolute Gasteiger partial charge is 0.370 e. The van der Waals surface area contributed by atoms with E-state index in [4.69, 9.17) is 5.73 Å². The lowest BCUT2D eigenvalue weighted by Gasteiger charge is -2.40. The molecule has 1 fully saturated rings. The molecule has 1 atom stereocenters. The van der Waals surface area contributed by atoms with Crippen molar-refractivity contribution in [2.75, 3.05) is 6.54 Å². The molecule has 1 saturated carbocycles. The number of guanidine groups is 1. The van der Waals surface area contributed by atoms with E-state index in [1.54, 1.807) is 0 Å². The Labute approximate surface area is 105 Å². The van der Waals surface area contributed by atoms with Gasteiger partial charge in [0.1, 0.15) is 0 Å². The van der Waals surface area contributed by atoms with Crippen molar-refractivity contribution in [3.63, 3.8) is 0 Å². The molecule has 1 heterocycles. The number of aliphatic imine (C=N–C) groups is 1. The van der Waals surface area contributed by atoms with Gasteiger partial charge in [-0.05, 0) is 18.3 Å². The normalized spacial score (nSPS) is 28.1. The fourth-order valence-electron chi connectivity index (χ4n) is 3.18. The summed E-state index contributed by atoms with van der Waals surface area (Å²) in [4.78, 5) is 6.93. The minimum atomic E-state index is 0.261. The Kier molecular flexibility index (Phi) is 3.64. The van der Waals surface area contributed by atoms with Gasteiger partial charge in [-0.3, -0.25) is 4.99 Å². The van der Waals surface area contributed by atoms with Gasteiger partial charge in [0.15, 0.2) is 5.96 Å². The van der Waals surface area contributed by atoms with E-state index in [2.05, 4.69) is 30.7 Å². The van der Waals surface area contributed by atoms with Gasteiger partial charge in [-0.2, -0.15) is 0 Å². The molecule has 0 saturated heterocycles. The highest BCUT2D eigenvalue weighted by atomic mass is 15.3. The minimum Gasteiger partial charge on any atom is -0.370 e. The molecular formula is C14H27N3. The average molecular weight is 237 g/mol. The summed E-state index contributed by atoms with van der Waals surface area (Å²) in [6, 6.07) is 1.12. The molecule has 0 bridgehead atoms. The molecule has 2 aliphatic rings. The number of rotatable bonds is 1. The lowest BCUT2D eigenvalue weighted by atomic mass is 9.85. The SMILES string of the molecule is CC(C)(C)C1CN=C(N)N1C1CCCCCC1. The Bertz CT molecular complexity index is 282. The molecule has 0 radical (unpaired) electrons. The molecule has 0 aromatic heterocycles. The maximum Gasteiger partial charge on any atom is 0.191 e. The van der Waals surface area contributed by atoms with E-state index in [1.807, 2.05) is 0 Å². The molecule has 0 spiro atoms. The van der Waals surface area contributed by atoms with Crippen LogP contribution >= 0.6 is 0 Å². The van der Waals surface area contributed by atoms with E-state index in [-0.39, 0.29) is 5.41 Å². The Morgan fingerprint density at radius 3 is 2.24 bits per heavy atom. The molecule has 0 aromatic rings. The summed E-state index contributed by atoms with van der Waals surface area (Å²) in [5.74, 6) is 0.789. The van der Waals surface area contributed by atoms with Crippen molar-refractivity contribution in [3.8, 4) is 0 Å². The van der Waals surface area contributed by atoms with Gasteiger partial charge in [0.25, 0.3) is 0 Å². The number of nitrogens with zero attached hydrogens (tertiary/aromatic N) is 2. The van der Waals surface area contributed by atoms with Crippen molar-refractivity contribution in [3.05, 3.63) is 0 Å². The Morgan fingerprint density at radius 1 is 1.12 bits per heavy atom. The second-order valence-electron chi connectivity index (χ2n) is 6.63. The summed E-state index contributed by atoms with van der Waals surface area (Å²) < 4.78 is 0. The highest BCUT2D eigenvalue weighted by Gasteiger charge is 2.38. The van der Waals surface area contributed by atoms with Crippen LogP contribution in [-0.2, 0) is 0 Å². The topological polar surface area (TPSA) is 41.6 Å². The van der Waals surface area contributed by atoms with Crippen LogP contribution in [0.3, 0.4) is 0 Å². The highest BCUT2D eigenvalue weighted by Crippen LogP contribution is 2.33. The maximum atomic E-state index is 6.12. The van der Waals surface area contributed by atoms with Gasteiger partial charge < -0.3 is 10.6 Å². The van der Waals surface area contributed by atoms with Crippen LogP contribution < -0.4 is 5.73 Å². The zero-order chi connectivity index (χ0) is 12.5. The van der Waals surface area contributed by atoms with Crippen LogP contribution in [0.4, 0.5) is 0 Å². The summed E-state index contributed by atoms with van der Waals surface area (Å²) in [6.45, 7) is 7.78. The zero-order valence-electron chi connectivity index (χ0n) is 11.6. The van der Waals surface area contributed by atoms with E-state index in [9.17, 15) is 0 Å².